The van der Waals surface area contributed by atoms with Gasteiger partial charge in [0.2, 0.25) is 10.0 Å². The van der Waals surface area contributed by atoms with Gasteiger partial charge in [-0.2, -0.15) is 4.31 Å². The Labute approximate surface area is 167 Å². The van der Waals surface area contributed by atoms with E-state index in [0.29, 0.717) is 24.5 Å². The predicted molar refractivity (Wildman–Crippen MR) is 111 cm³/mol. The van der Waals surface area contributed by atoms with Crippen LogP contribution in [0, 0.1) is 6.92 Å². The third kappa shape index (κ3) is 6.07. The van der Waals surface area contributed by atoms with Crippen LogP contribution >= 0.6 is 0 Å². The Morgan fingerprint density at radius 3 is 2.25 bits per heavy atom. The Kier molecular flexibility index (Phi) is 8.02. The van der Waals surface area contributed by atoms with Gasteiger partial charge in [-0.15, -0.1) is 0 Å². The van der Waals surface area contributed by atoms with Crippen LogP contribution in [0.2, 0.25) is 0 Å². The van der Waals surface area contributed by atoms with Crippen molar-refractivity contribution in [3.8, 4) is 5.75 Å². The number of anilines is 1. The van der Waals surface area contributed by atoms with Crippen molar-refractivity contribution >= 4 is 21.6 Å². The zero-order valence-electron chi connectivity index (χ0n) is 16.6. The molecule has 1 N–H and O–H groups in total. The van der Waals surface area contributed by atoms with E-state index >= 15 is 0 Å². The minimum atomic E-state index is -3.53. The molecule has 0 fully saturated rings. The maximum atomic E-state index is 12.8. The van der Waals surface area contributed by atoms with E-state index in [9.17, 15) is 13.2 Å². The smallest absolute Gasteiger partial charge is 0.262 e. The second-order valence-electron chi connectivity index (χ2n) is 6.58. The number of aryl methyl sites for hydroxylation is 1. The van der Waals surface area contributed by atoms with Crippen LogP contribution in [0.1, 0.15) is 32.3 Å². The summed E-state index contributed by atoms with van der Waals surface area (Å²) in [7, 11) is -3.53. The fourth-order valence-electron chi connectivity index (χ4n) is 2.76. The van der Waals surface area contributed by atoms with Crippen LogP contribution in [0.25, 0.3) is 0 Å². The molecule has 0 unspecified atom stereocenters. The molecule has 0 aliphatic rings. The van der Waals surface area contributed by atoms with Crippen molar-refractivity contribution in [2.75, 3.05) is 25.0 Å². The van der Waals surface area contributed by atoms with Crippen LogP contribution < -0.4 is 10.1 Å². The molecule has 0 saturated carbocycles. The zero-order chi connectivity index (χ0) is 20.6. The maximum absolute atomic E-state index is 12.8. The zero-order valence-corrected chi connectivity index (χ0v) is 17.5. The van der Waals surface area contributed by atoms with E-state index in [1.54, 1.807) is 18.2 Å². The van der Waals surface area contributed by atoms with Crippen molar-refractivity contribution in [3.05, 3.63) is 54.1 Å². The Bertz CT molecular complexity index is 874. The minimum Gasteiger partial charge on any atom is -0.484 e. The molecule has 0 aliphatic heterocycles. The number of benzene rings is 2. The summed E-state index contributed by atoms with van der Waals surface area (Å²) in [5, 5.41) is 2.71. The Hall–Kier alpha value is -2.38. The fraction of sp³-hybridized carbons (Fsp3) is 0.381. The largest absolute Gasteiger partial charge is 0.484 e. The summed E-state index contributed by atoms with van der Waals surface area (Å²) in [6, 6.07) is 13.7. The highest BCUT2D eigenvalue weighted by molar-refractivity contribution is 7.89. The van der Waals surface area contributed by atoms with Crippen LogP contribution in [0.4, 0.5) is 5.69 Å². The van der Waals surface area contributed by atoms with Crippen molar-refractivity contribution in [2.24, 2.45) is 0 Å². The number of rotatable bonds is 10. The maximum Gasteiger partial charge on any atom is 0.262 e. The highest BCUT2D eigenvalue weighted by atomic mass is 32.2. The molecular formula is C21H28N2O4S. The highest BCUT2D eigenvalue weighted by Crippen LogP contribution is 2.19. The number of nitrogens with zero attached hydrogens (tertiary/aromatic N) is 1. The lowest BCUT2D eigenvalue weighted by atomic mass is 10.2. The Morgan fingerprint density at radius 2 is 1.68 bits per heavy atom. The standard InChI is InChI=1S/C21H28N2O4S/c1-4-13-23(14-5-2)28(25,26)20-11-9-18(10-12-20)22-21(24)16-27-19-8-6-7-17(3)15-19/h6-12,15H,4-5,13-14,16H2,1-3H3,(H,22,24). The molecular weight excluding hydrogens is 376 g/mol. The van der Waals surface area contributed by atoms with Gasteiger partial charge in [-0.3, -0.25) is 4.79 Å². The summed E-state index contributed by atoms with van der Waals surface area (Å²) in [5.74, 6) is 0.319. The van der Waals surface area contributed by atoms with Gasteiger partial charge < -0.3 is 10.1 Å². The number of hydrogen-bond acceptors (Lipinski definition) is 4. The first-order chi connectivity index (χ1) is 13.4. The molecule has 0 aliphatic carbocycles. The predicted octanol–water partition coefficient (Wildman–Crippen LogP) is 3.82. The number of carbonyl (C=O) groups excluding carboxylic acids is 1. The summed E-state index contributed by atoms with van der Waals surface area (Å²) in [5.41, 5.74) is 1.57. The summed E-state index contributed by atoms with van der Waals surface area (Å²) in [6.07, 6.45) is 1.52. The van der Waals surface area contributed by atoms with E-state index < -0.39 is 10.0 Å². The molecule has 28 heavy (non-hydrogen) atoms. The van der Waals surface area contributed by atoms with Crippen molar-refractivity contribution in [3.63, 3.8) is 0 Å². The second-order valence-corrected chi connectivity index (χ2v) is 8.52. The molecule has 7 heteroatoms. The van der Waals surface area contributed by atoms with Crippen LogP contribution in [-0.2, 0) is 14.8 Å². The van der Waals surface area contributed by atoms with Crippen LogP contribution in [0.5, 0.6) is 5.75 Å². The van der Waals surface area contributed by atoms with E-state index in [0.717, 1.165) is 18.4 Å². The third-order valence-corrected chi connectivity index (χ3v) is 5.99. The quantitative estimate of drug-likeness (QED) is 0.653. The average Bonchev–Trinajstić information content (AvgIpc) is 2.67. The summed E-state index contributed by atoms with van der Waals surface area (Å²) in [4.78, 5) is 12.3. The summed E-state index contributed by atoms with van der Waals surface area (Å²) >= 11 is 0. The van der Waals surface area contributed by atoms with Gasteiger partial charge in [0, 0.05) is 18.8 Å². The molecule has 1 amide bonds. The van der Waals surface area contributed by atoms with Gasteiger partial charge in [0.25, 0.3) is 5.91 Å². The Morgan fingerprint density at radius 1 is 1.04 bits per heavy atom. The molecule has 2 aromatic rings. The van der Waals surface area contributed by atoms with Gasteiger partial charge >= 0.3 is 0 Å². The third-order valence-electron chi connectivity index (χ3n) is 4.08. The van der Waals surface area contributed by atoms with Crippen molar-refractivity contribution in [2.45, 2.75) is 38.5 Å². The molecule has 2 aromatic carbocycles. The first-order valence-electron chi connectivity index (χ1n) is 9.46. The Balaban J connectivity index is 1.98. The van der Waals surface area contributed by atoms with Crippen LogP contribution in [0.3, 0.4) is 0 Å². The lowest BCUT2D eigenvalue weighted by Gasteiger charge is -2.21. The number of sulfonamides is 1. The van der Waals surface area contributed by atoms with E-state index in [1.807, 2.05) is 39.0 Å². The fourth-order valence-corrected chi connectivity index (χ4v) is 4.39. The molecule has 0 bridgehead atoms. The van der Waals surface area contributed by atoms with Crippen molar-refractivity contribution < 1.29 is 17.9 Å². The molecule has 6 nitrogen and oxygen atoms in total. The molecule has 2 rings (SSSR count). The summed E-state index contributed by atoms with van der Waals surface area (Å²) in [6.45, 7) is 6.72. The molecule has 0 spiro atoms. The molecule has 0 radical (unpaired) electrons. The van der Waals surface area contributed by atoms with Crippen LogP contribution in [-0.4, -0.2) is 38.3 Å². The second kappa shape index (κ2) is 10.2. The molecule has 0 atom stereocenters. The number of hydrogen-bond donors (Lipinski definition) is 1. The van der Waals surface area contributed by atoms with Gasteiger partial charge in [0.1, 0.15) is 5.75 Å². The SMILES string of the molecule is CCCN(CCC)S(=O)(=O)c1ccc(NC(=O)COc2cccc(C)c2)cc1. The highest BCUT2D eigenvalue weighted by Gasteiger charge is 2.22. The lowest BCUT2D eigenvalue weighted by Crippen LogP contribution is -2.32. The normalized spacial score (nSPS) is 11.4. The van der Waals surface area contributed by atoms with Gasteiger partial charge in [0.05, 0.1) is 4.90 Å². The number of amides is 1. The molecule has 0 saturated heterocycles. The van der Waals surface area contributed by atoms with E-state index in [2.05, 4.69) is 5.32 Å². The minimum absolute atomic E-state index is 0.121. The number of nitrogens with one attached hydrogen (secondary N) is 1. The lowest BCUT2D eigenvalue weighted by molar-refractivity contribution is -0.118. The van der Waals surface area contributed by atoms with Crippen molar-refractivity contribution in [1.82, 2.24) is 4.31 Å². The van der Waals surface area contributed by atoms with Gasteiger partial charge in [-0.05, 0) is 61.7 Å². The van der Waals surface area contributed by atoms with E-state index in [-0.39, 0.29) is 17.4 Å². The first-order valence-corrected chi connectivity index (χ1v) is 10.9. The molecule has 0 heterocycles. The molecule has 152 valence electrons. The van der Waals surface area contributed by atoms with Crippen LogP contribution in [0.15, 0.2) is 53.4 Å². The average molecular weight is 405 g/mol. The summed E-state index contributed by atoms with van der Waals surface area (Å²) < 4.78 is 32.5. The first kappa shape index (κ1) is 21.9. The van der Waals surface area contributed by atoms with Crippen molar-refractivity contribution in [1.29, 1.82) is 0 Å². The van der Waals surface area contributed by atoms with E-state index in [4.69, 9.17) is 4.74 Å². The number of carbonyl (C=O) groups is 1. The molecule has 0 aromatic heterocycles. The monoisotopic (exact) mass is 404 g/mol. The number of ether oxygens (including phenoxy) is 1. The van der Waals surface area contributed by atoms with Gasteiger partial charge in [-0.25, -0.2) is 8.42 Å². The van der Waals surface area contributed by atoms with Gasteiger partial charge in [0.15, 0.2) is 6.61 Å². The van der Waals surface area contributed by atoms with Gasteiger partial charge in [-0.1, -0.05) is 26.0 Å². The van der Waals surface area contributed by atoms with E-state index in [1.165, 1.54) is 16.4 Å². The topological polar surface area (TPSA) is 75.7 Å².